The van der Waals surface area contributed by atoms with Crippen LogP contribution in [0.25, 0.3) is 0 Å². The van der Waals surface area contributed by atoms with Crippen LogP contribution in [0.4, 0.5) is 14.5 Å². The van der Waals surface area contributed by atoms with E-state index in [1.807, 2.05) is 0 Å². The summed E-state index contributed by atoms with van der Waals surface area (Å²) in [7, 11) is 0. The summed E-state index contributed by atoms with van der Waals surface area (Å²) in [4.78, 5) is 0. The van der Waals surface area contributed by atoms with Crippen LogP contribution < -0.4 is 10.5 Å². The Morgan fingerprint density at radius 3 is 2.53 bits per heavy atom. The first-order valence-electron chi connectivity index (χ1n) is 4.21. The maximum absolute atomic E-state index is 13.2. The number of nitrogens with two attached hydrogens (primary N) is 1. The molecule has 0 aromatic heterocycles. The molecular formula is C10H10F2N2O. The van der Waals surface area contributed by atoms with E-state index >= 15 is 0 Å². The van der Waals surface area contributed by atoms with Gasteiger partial charge in [-0.05, 0) is 26.0 Å². The zero-order valence-electron chi connectivity index (χ0n) is 8.34. The molecule has 0 aliphatic heterocycles. The predicted octanol–water partition coefficient (Wildman–Crippen LogP) is 2.23. The molecule has 0 aliphatic carbocycles. The largest absolute Gasteiger partial charge is 0.468 e. The molecule has 1 aromatic rings. The molecule has 0 aliphatic rings. The topological polar surface area (TPSA) is 59.0 Å². The third-order valence-corrected chi connectivity index (χ3v) is 1.71. The Hall–Kier alpha value is -1.83. The van der Waals surface area contributed by atoms with Crippen molar-refractivity contribution in [3.63, 3.8) is 0 Å². The highest BCUT2D eigenvalue weighted by molar-refractivity contribution is 5.53. The van der Waals surface area contributed by atoms with Gasteiger partial charge in [0.15, 0.2) is 17.2 Å². The minimum Gasteiger partial charge on any atom is -0.468 e. The minimum absolute atomic E-state index is 0.0442. The lowest BCUT2D eigenvalue weighted by molar-refractivity contribution is 0.161. The molecule has 0 unspecified atom stereocenters. The van der Waals surface area contributed by atoms with Crippen LogP contribution >= 0.6 is 0 Å². The van der Waals surface area contributed by atoms with E-state index in [4.69, 9.17) is 15.7 Å². The van der Waals surface area contributed by atoms with Gasteiger partial charge in [-0.25, -0.2) is 4.39 Å². The summed E-state index contributed by atoms with van der Waals surface area (Å²) < 4.78 is 31.1. The zero-order valence-corrected chi connectivity index (χ0v) is 8.34. The van der Waals surface area contributed by atoms with Crippen LogP contribution in [-0.2, 0) is 0 Å². The second-order valence-corrected chi connectivity index (χ2v) is 3.50. The summed E-state index contributed by atoms with van der Waals surface area (Å²) in [6, 6.07) is 3.88. The zero-order chi connectivity index (χ0) is 11.6. The molecule has 0 radical (unpaired) electrons. The maximum Gasteiger partial charge on any atom is 0.202 e. The number of benzene rings is 1. The van der Waals surface area contributed by atoms with E-state index in [9.17, 15) is 8.78 Å². The molecule has 0 fully saturated rings. The van der Waals surface area contributed by atoms with Crippen molar-refractivity contribution >= 4 is 5.69 Å². The first kappa shape index (κ1) is 11.2. The smallest absolute Gasteiger partial charge is 0.202 e. The molecule has 80 valence electrons. The van der Waals surface area contributed by atoms with E-state index in [2.05, 4.69) is 0 Å². The van der Waals surface area contributed by atoms with Crippen molar-refractivity contribution in [3.8, 4) is 11.8 Å². The van der Waals surface area contributed by atoms with Gasteiger partial charge in [0.2, 0.25) is 5.82 Å². The molecular weight excluding hydrogens is 202 g/mol. The van der Waals surface area contributed by atoms with Crippen molar-refractivity contribution in [2.45, 2.75) is 19.4 Å². The highest BCUT2D eigenvalue weighted by Gasteiger charge is 2.23. The minimum atomic E-state index is -1.26. The van der Waals surface area contributed by atoms with Gasteiger partial charge in [-0.1, -0.05) is 0 Å². The summed E-state index contributed by atoms with van der Waals surface area (Å²) in [6.07, 6.45) is 0. The molecule has 0 spiro atoms. The lowest BCUT2D eigenvalue weighted by atomic mass is 10.1. The average Bonchev–Trinajstić information content (AvgIpc) is 2.19. The summed E-state index contributed by atoms with van der Waals surface area (Å²) in [5.41, 5.74) is 4.11. The van der Waals surface area contributed by atoms with E-state index in [1.54, 1.807) is 6.07 Å². The van der Waals surface area contributed by atoms with Crippen molar-refractivity contribution in [1.82, 2.24) is 0 Å². The van der Waals surface area contributed by atoms with Gasteiger partial charge in [0, 0.05) is 0 Å². The number of hydrogen-bond donors (Lipinski definition) is 1. The fourth-order valence-electron chi connectivity index (χ4n) is 0.929. The fourth-order valence-corrected chi connectivity index (χ4v) is 0.929. The quantitative estimate of drug-likeness (QED) is 0.764. The van der Waals surface area contributed by atoms with E-state index < -0.39 is 23.0 Å². The summed E-state index contributed by atoms with van der Waals surface area (Å²) in [5.74, 6) is -2.67. The third kappa shape index (κ3) is 2.34. The van der Waals surface area contributed by atoms with Gasteiger partial charge in [-0.2, -0.15) is 9.65 Å². The molecule has 15 heavy (non-hydrogen) atoms. The number of rotatable bonds is 2. The van der Waals surface area contributed by atoms with E-state index in [0.717, 1.165) is 6.07 Å². The Morgan fingerprint density at radius 2 is 2.00 bits per heavy atom. The molecule has 0 saturated heterocycles. The highest BCUT2D eigenvalue weighted by Crippen LogP contribution is 2.30. The van der Waals surface area contributed by atoms with E-state index in [0.29, 0.717) is 0 Å². The monoisotopic (exact) mass is 212 g/mol. The highest BCUT2D eigenvalue weighted by atomic mass is 19.2. The molecule has 1 aromatic carbocycles. The van der Waals surface area contributed by atoms with Gasteiger partial charge in [-0.3, -0.25) is 0 Å². The van der Waals surface area contributed by atoms with E-state index in [1.165, 1.54) is 19.9 Å². The number of hydrogen-bond acceptors (Lipinski definition) is 3. The van der Waals surface area contributed by atoms with Crippen LogP contribution in [0, 0.1) is 23.0 Å². The lowest BCUT2D eigenvalue weighted by Crippen LogP contribution is -2.26. The standard InChI is InChI=1S/C10H10F2N2O/c1-10(2,5-13)15-9-7(14)4-3-6(11)8(9)12/h3-4H,14H2,1-2H3. The Morgan fingerprint density at radius 1 is 1.40 bits per heavy atom. The molecule has 5 heteroatoms. The molecule has 0 amide bonds. The second kappa shape index (κ2) is 3.73. The van der Waals surface area contributed by atoms with Crippen LogP contribution in [0.2, 0.25) is 0 Å². The van der Waals surface area contributed by atoms with Crippen LogP contribution in [0.3, 0.4) is 0 Å². The SMILES string of the molecule is CC(C)(C#N)Oc1c(N)ccc(F)c1F. The second-order valence-electron chi connectivity index (χ2n) is 3.50. The van der Waals surface area contributed by atoms with Gasteiger partial charge < -0.3 is 10.5 Å². The predicted molar refractivity (Wildman–Crippen MR) is 51.1 cm³/mol. The number of halogens is 2. The van der Waals surface area contributed by atoms with Crippen LogP contribution in [0.5, 0.6) is 5.75 Å². The van der Waals surface area contributed by atoms with Gasteiger partial charge >= 0.3 is 0 Å². The van der Waals surface area contributed by atoms with Gasteiger partial charge in [0.05, 0.1) is 5.69 Å². The first-order chi connectivity index (χ1) is 6.87. The summed E-state index contributed by atoms with van der Waals surface area (Å²) in [5, 5.41) is 8.67. The Labute approximate surface area is 86.1 Å². The summed E-state index contributed by atoms with van der Waals surface area (Å²) >= 11 is 0. The van der Waals surface area contributed by atoms with Gasteiger partial charge in [0.1, 0.15) is 6.07 Å². The van der Waals surface area contributed by atoms with Gasteiger partial charge in [0.25, 0.3) is 0 Å². The molecule has 0 atom stereocenters. The summed E-state index contributed by atoms with van der Waals surface area (Å²) in [6.45, 7) is 2.85. The first-order valence-corrected chi connectivity index (χ1v) is 4.21. The molecule has 3 nitrogen and oxygen atoms in total. The number of ether oxygens (including phenoxy) is 1. The van der Waals surface area contributed by atoms with E-state index in [-0.39, 0.29) is 5.69 Å². The van der Waals surface area contributed by atoms with Crippen molar-refractivity contribution in [2.24, 2.45) is 0 Å². The van der Waals surface area contributed by atoms with Crippen LogP contribution in [0.15, 0.2) is 12.1 Å². The molecule has 0 heterocycles. The Balaban J connectivity index is 3.16. The van der Waals surface area contributed by atoms with Crippen LogP contribution in [-0.4, -0.2) is 5.60 Å². The molecule has 0 saturated carbocycles. The Bertz CT molecular complexity index is 424. The van der Waals surface area contributed by atoms with Crippen molar-refractivity contribution < 1.29 is 13.5 Å². The fraction of sp³-hybridized carbons (Fsp3) is 0.300. The van der Waals surface area contributed by atoms with Crippen molar-refractivity contribution in [3.05, 3.63) is 23.8 Å². The molecule has 0 bridgehead atoms. The maximum atomic E-state index is 13.2. The average molecular weight is 212 g/mol. The van der Waals surface area contributed by atoms with Gasteiger partial charge in [-0.15, -0.1) is 0 Å². The molecule has 1 rings (SSSR count). The van der Waals surface area contributed by atoms with Crippen LogP contribution in [0.1, 0.15) is 13.8 Å². The molecule has 2 N–H and O–H groups in total. The lowest BCUT2D eigenvalue weighted by Gasteiger charge is -2.19. The number of nitrogen functional groups attached to an aromatic ring is 1. The normalized spacial score (nSPS) is 10.9. The van der Waals surface area contributed by atoms with Crippen molar-refractivity contribution in [2.75, 3.05) is 5.73 Å². The Kier molecular flexibility index (Phi) is 2.80. The number of nitrogens with zero attached hydrogens (tertiary/aromatic N) is 1. The number of anilines is 1. The number of nitriles is 1. The van der Waals surface area contributed by atoms with Crippen molar-refractivity contribution in [1.29, 1.82) is 5.26 Å². The third-order valence-electron chi connectivity index (χ3n) is 1.71.